The van der Waals surface area contributed by atoms with E-state index in [1.807, 2.05) is 0 Å². The van der Waals surface area contributed by atoms with Gasteiger partial charge in [-0.2, -0.15) is 0 Å². The Morgan fingerprint density at radius 3 is 1.61 bits per heavy atom. The van der Waals surface area contributed by atoms with Gasteiger partial charge in [0.2, 0.25) is 0 Å². The summed E-state index contributed by atoms with van der Waals surface area (Å²) in [5.41, 5.74) is 14.6. The van der Waals surface area contributed by atoms with Crippen molar-refractivity contribution in [1.29, 1.82) is 0 Å². The fourth-order valence-electron chi connectivity index (χ4n) is 10.3. The van der Waals surface area contributed by atoms with E-state index in [1.54, 1.807) is 0 Å². The summed E-state index contributed by atoms with van der Waals surface area (Å²) in [7, 11) is 0. The standard InChI is InChI=1S/C54H31N5/c1-2-14-34(15-3-1)57-43-22-10-7-16-35(43)41-30-32(27-29-45(41)57)51-38-19-6-9-21-42(38)55-54(56-51)33-26-28-40-48(31-33)59-47-25-13-12-24-46(47)58-44-23-11-8-20-39(44)49-36-17-4-5-18-37(36)50(40)53(59)52(49)58/h1-31H. The zero-order valence-electron chi connectivity index (χ0n) is 31.6. The molecule has 9 aromatic carbocycles. The lowest BCUT2D eigenvalue weighted by Gasteiger charge is -2.13. The molecule has 0 amide bonds. The number of rotatable bonds is 3. The maximum atomic E-state index is 5.46. The number of hydrogen-bond acceptors (Lipinski definition) is 2. The van der Waals surface area contributed by atoms with Crippen LogP contribution in [0, 0.1) is 0 Å². The SMILES string of the molecule is c1ccc(-n2c3ccccc3c3cc(-c4nc(-c5ccc6c7c8ccccc8c8c9ccccc9n9c%10ccccc%10n(c6c5)c7c89)nc5ccccc45)ccc32)cc1. The van der Waals surface area contributed by atoms with E-state index < -0.39 is 0 Å². The van der Waals surface area contributed by atoms with Crippen molar-refractivity contribution in [3.8, 4) is 28.3 Å². The topological polar surface area (TPSA) is 39.5 Å². The van der Waals surface area contributed by atoms with Crippen LogP contribution in [0.4, 0.5) is 0 Å². The van der Waals surface area contributed by atoms with Gasteiger partial charge in [0.15, 0.2) is 5.82 Å². The normalized spacial score (nSPS) is 12.4. The predicted molar refractivity (Wildman–Crippen MR) is 245 cm³/mol. The minimum atomic E-state index is 0.707. The van der Waals surface area contributed by atoms with Crippen molar-refractivity contribution < 1.29 is 0 Å². The number of nitrogens with zero attached hydrogens (tertiary/aromatic N) is 5. The molecule has 0 fully saturated rings. The molecule has 0 N–H and O–H groups in total. The largest absolute Gasteiger partial charge is 0.309 e. The molecule has 0 bridgehead atoms. The van der Waals surface area contributed by atoms with Gasteiger partial charge in [-0.1, -0.05) is 127 Å². The van der Waals surface area contributed by atoms with Gasteiger partial charge in [0, 0.05) is 54.5 Å². The highest BCUT2D eigenvalue weighted by molar-refractivity contribution is 6.37. The van der Waals surface area contributed by atoms with Gasteiger partial charge < -0.3 is 13.4 Å². The van der Waals surface area contributed by atoms with Crippen molar-refractivity contribution in [2.45, 2.75) is 0 Å². The Kier molecular flexibility index (Phi) is 5.96. The van der Waals surface area contributed by atoms with Gasteiger partial charge in [-0.3, -0.25) is 0 Å². The van der Waals surface area contributed by atoms with Crippen LogP contribution in [0.1, 0.15) is 0 Å². The Hall–Kier alpha value is -8.02. The van der Waals surface area contributed by atoms with E-state index >= 15 is 0 Å². The molecular weight excluding hydrogens is 719 g/mol. The Labute approximate surface area is 336 Å². The summed E-state index contributed by atoms with van der Waals surface area (Å²) in [5, 5.41) is 11.0. The van der Waals surface area contributed by atoms with Crippen LogP contribution >= 0.6 is 0 Å². The Morgan fingerprint density at radius 1 is 0.322 bits per heavy atom. The van der Waals surface area contributed by atoms with Gasteiger partial charge in [-0.25, -0.2) is 9.97 Å². The minimum Gasteiger partial charge on any atom is -0.309 e. The molecule has 0 aliphatic heterocycles. The van der Waals surface area contributed by atoms with E-state index in [0.29, 0.717) is 5.82 Å². The zero-order chi connectivity index (χ0) is 38.3. The van der Waals surface area contributed by atoms with E-state index in [9.17, 15) is 0 Å². The van der Waals surface area contributed by atoms with Crippen LogP contribution < -0.4 is 0 Å². The lowest BCUT2D eigenvalue weighted by molar-refractivity contribution is 1.18. The van der Waals surface area contributed by atoms with Crippen LogP contribution in [-0.2, 0) is 0 Å². The second kappa shape index (κ2) is 11.3. The van der Waals surface area contributed by atoms with Crippen LogP contribution in [0.15, 0.2) is 188 Å². The summed E-state index contributed by atoms with van der Waals surface area (Å²) in [4.78, 5) is 10.7. The number of benzene rings is 9. The van der Waals surface area contributed by atoms with Gasteiger partial charge in [-0.05, 0) is 71.4 Å². The lowest BCUT2D eigenvalue weighted by atomic mass is 9.98. The molecule has 59 heavy (non-hydrogen) atoms. The van der Waals surface area contributed by atoms with Gasteiger partial charge in [0.05, 0.1) is 55.3 Å². The third kappa shape index (κ3) is 4.03. The molecule has 14 aromatic rings. The monoisotopic (exact) mass is 749 g/mol. The molecule has 0 unspecified atom stereocenters. The first-order chi connectivity index (χ1) is 29.3. The summed E-state index contributed by atoms with van der Waals surface area (Å²) in [6.07, 6.45) is 0. The third-order valence-corrected chi connectivity index (χ3v) is 12.7. The molecule has 0 atom stereocenters. The summed E-state index contributed by atoms with van der Waals surface area (Å²) in [6, 6.07) is 67.9. The molecule has 0 spiro atoms. The molecule has 5 nitrogen and oxygen atoms in total. The number of aromatic nitrogens is 5. The number of para-hydroxylation sites is 6. The van der Waals surface area contributed by atoms with E-state index in [4.69, 9.17) is 9.97 Å². The smallest absolute Gasteiger partial charge is 0.160 e. The highest BCUT2D eigenvalue weighted by Gasteiger charge is 2.25. The van der Waals surface area contributed by atoms with Gasteiger partial charge >= 0.3 is 0 Å². The first-order valence-corrected chi connectivity index (χ1v) is 20.2. The predicted octanol–water partition coefficient (Wildman–Crippen LogP) is 13.8. The summed E-state index contributed by atoms with van der Waals surface area (Å²) >= 11 is 0. The summed E-state index contributed by atoms with van der Waals surface area (Å²) in [6.45, 7) is 0. The van der Waals surface area contributed by atoms with Crippen molar-refractivity contribution in [3.63, 3.8) is 0 Å². The van der Waals surface area contributed by atoms with Gasteiger partial charge in [-0.15, -0.1) is 0 Å². The number of fused-ring (bicyclic) bond motifs is 16. The molecule has 272 valence electrons. The van der Waals surface area contributed by atoms with Crippen LogP contribution in [0.5, 0.6) is 0 Å². The first kappa shape index (κ1) is 31.1. The van der Waals surface area contributed by atoms with Gasteiger partial charge in [0.25, 0.3) is 0 Å². The maximum absolute atomic E-state index is 5.46. The Balaban J connectivity index is 1.06. The van der Waals surface area contributed by atoms with Crippen LogP contribution in [0.3, 0.4) is 0 Å². The van der Waals surface area contributed by atoms with Crippen molar-refractivity contribution in [2.24, 2.45) is 0 Å². The second-order valence-corrected chi connectivity index (χ2v) is 15.7. The molecule has 0 saturated heterocycles. The molecule has 0 aliphatic rings. The molecule has 0 radical (unpaired) electrons. The van der Waals surface area contributed by atoms with E-state index in [2.05, 4.69) is 201 Å². The average Bonchev–Trinajstić information content (AvgIpc) is 3.95. The quantitative estimate of drug-likeness (QED) is 0.169. The van der Waals surface area contributed by atoms with Crippen molar-refractivity contribution in [2.75, 3.05) is 0 Å². The second-order valence-electron chi connectivity index (χ2n) is 15.7. The molecule has 5 heteroatoms. The fourth-order valence-corrected chi connectivity index (χ4v) is 10.3. The molecule has 0 saturated carbocycles. The van der Waals surface area contributed by atoms with Crippen molar-refractivity contribution in [1.82, 2.24) is 23.3 Å². The summed E-state index contributed by atoms with van der Waals surface area (Å²) in [5.74, 6) is 0.707. The van der Waals surface area contributed by atoms with Crippen LogP contribution in [0.2, 0.25) is 0 Å². The highest BCUT2D eigenvalue weighted by Crippen LogP contribution is 2.47. The highest BCUT2D eigenvalue weighted by atomic mass is 15.0. The molecule has 5 aromatic heterocycles. The van der Waals surface area contributed by atoms with E-state index in [0.717, 1.165) is 44.4 Å². The van der Waals surface area contributed by atoms with Crippen molar-refractivity contribution in [3.05, 3.63) is 188 Å². The maximum Gasteiger partial charge on any atom is 0.160 e. The van der Waals surface area contributed by atoms with Crippen LogP contribution in [0.25, 0.3) is 126 Å². The first-order valence-electron chi connectivity index (χ1n) is 20.2. The van der Waals surface area contributed by atoms with Gasteiger partial charge in [0.1, 0.15) is 0 Å². The van der Waals surface area contributed by atoms with Crippen LogP contribution in [-0.4, -0.2) is 23.3 Å². The average molecular weight is 750 g/mol. The number of hydrogen-bond donors (Lipinski definition) is 0. The fraction of sp³-hybridized carbons (Fsp3) is 0. The molecule has 14 rings (SSSR count). The Morgan fingerprint density at radius 2 is 0.864 bits per heavy atom. The molecule has 5 heterocycles. The Bertz CT molecular complexity index is 4030. The minimum absolute atomic E-state index is 0.707. The third-order valence-electron chi connectivity index (χ3n) is 12.7. The van der Waals surface area contributed by atoms with Crippen molar-refractivity contribution >= 4 is 98.1 Å². The zero-order valence-corrected chi connectivity index (χ0v) is 31.6. The van der Waals surface area contributed by atoms with E-state index in [-0.39, 0.29) is 0 Å². The lowest BCUT2D eigenvalue weighted by Crippen LogP contribution is -1.98. The summed E-state index contributed by atoms with van der Waals surface area (Å²) < 4.78 is 7.34. The van der Waals surface area contributed by atoms with E-state index in [1.165, 1.54) is 76.2 Å². The molecule has 0 aliphatic carbocycles. The molecular formula is C54H31N5.